The lowest BCUT2D eigenvalue weighted by Gasteiger charge is -2.15. The highest BCUT2D eigenvalue weighted by Crippen LogP contribution is 2.36. The van der Waals surface area contributed by atoms with Crippen LogP contribution in [0.3, 0.4) is 0 Å². The number of rotatable bonds is 10. The molecule has 5 heteroatoms. The summed E-state index contributed by atoms with van der Waals surface area (Å²) in [5.41, 5.74) is 2.36. The molecule has 25 heavy (non-hydrogen) atoms. The van der Waals surface area contributed by atoms with Crippen molar-refractivity contribution < 1.29 is 14.2 Å². The lowest BCUT2D eigenvalue weighted by molar-refractivity contribution is 0.286. The molecule has 2 aromatic rings. The predicted octanol–water partition coefficient (Wildman–Crippen LogP) is 4.59. The van der Waals surface area contributed by atoms with Crippen molar-refractivity contribution in [2.24, 2.45) is 0 Å². The van der Waals surface area contributed by atoms with Crippen LogP contribution in [0.5, 0.6) is 17.2 Å². The van der Waals surface area contributed by atoms with Crippen LogP contribution in [0.4, 0.5) is 0 Å². The second-order valence-electron chi connectivity index (χ2n) is 5.51. The van der Waals surface area contributed by atoms with Crippen molar-refractivity contribution in [2.75, 3.05) is 26.9 Å². The number of benzene rings is 2. The van der Waals surface area contributed by atoms with Gasteiger partial charge < -0.3 is 19.5 Å². The highest BCUT2D eigenvalue weighted by molar-refractivity contribution is 9.10. The van der Waals surface area contributed by atoms with Gasteiger partial charge in [0.25, 0.3) is 0 Å². The van der Waals surface area contributed by atoms with E-state index in [1.807, 2.05) is 38.1 Å². The smallest absolute Gasteiger partial charge is 0.175 e. The summed E-state index contributed by atoms with van der Waals surface area (Å²) in [6, 6.07) is 12.2. The molecule has 0 spiro atoms. The number of methoxy groups -OCH3 is 1. The van der Waals surface area contributed by atoms with Gasteiger partial charge in [-0.1, -0.05) is 18.2 Å². The van der Waals surface area contributed by atoms with Crippen LogP contribution in [0.15, 0.2) is 40.9 Å². The third-order valence-electron chi connectivity index (χ3n) is 3.75. The van der Waals surface area contributed by atoms with Gasteiger partial charge in [-0.2, -0.15) is 0 Å². The molecule has 0 aliphatic heterocycles. The summed E-state index contributed by atoms with van der Waals surface area (Å²) in [5.74, 6) is 2.48. The first-order valence-corrected chi connectivity index (χ1v) is 9.39. The maximum atomic E-state index is 5.72. The van der Waals surface area contributed by atoms with Gasteiger partial charge >= 0.3 is 0 Å². The Morgan fingerprint density at radius 3 is 2.48 bits per heavy atom. The first-order chi connectivity index (χ1) is 12.2. The molecule has 0 radical (unpaired) electrons. The largest absolute Gasteiger partial charge is 0.496 e. The minimum atomic E-state index is 0.606. The maximum absolute atomic E-state index is 5.72. The van der Waals surface area contributed by atoms with Crippen LogP contribution >= 0.6 is 15.9 Å². The molecule has 136 valence electrons. The average molecular weight is 408 g/mol. The van der Waals surface area contributed by atoms with Crippen molar-refractivity contribution in [3.05, 3.63) is 52.0 Å². The number of hydrogen-bond acceptors (Lipinski definition) is 4. The van der Waals surface area contributed by atoms with Gasteiger partial charge in [0.05, 0.1) is 24.8 Å². The third-order valence-corrected chi connectivity index (χ3v) is 4.34. The van der Waals surface area contributed by atoms with E-state index < -0.39 is 0 Å². The highest BCUT2D eigenvalue weighted by Gasteiger charge is 2.11. The molecular formula is C20H26BrNO3. The Bertz CT molecular complexity index is 676. The van der Waals surface area contributed by atoms with E-state index in [1.165, 1.54) is 5.56 Å². The second kappa shape index (κ2) is 10.3. The molecule has 2 rings (SSSR count). The molecule has 2 aromatic carbocycles. The van der Waals surface area contributed by atoms with Crippen LogP contribution < -0.4 is 19.5 Å². The zero-order chi connectivity index (χ0) is 18.1. The van der Waals surface area contributed by atoms with E-state index in [0.29, 0.717) is 13.2 Å². The minimum Gasteiger partial charge on any atom is -0.496 e. The monoisotopic (exact) mass is 407 g/mol. The Balaban J connectivity index is 1.96. The summed E-state index contributed by atoms with van der Waals surface area (Å²) in [7, 11) is 1.71. The van der Waals surface area contributed by atoms with Crippen molar-refractivity contribution in [2.45, 2.75) is 26.8 Å². The van der Waals surface area contributed by atoms with Crippen LogP contribution in [0, 0.1) is 0 Å². The SMILES string of the molecule is CCOc1cc(CNCCc2ccccc2OC)cc(Br)c1OCC. The van der Waals surface area contributed by atoms with E-state index in [9.17, 15) is 0 Å². The van der Waals surface area contributed by atoms with Crippen molar-refractivity contribution >= 4 is 15.9 Å². The number of halogens is 1. The summed E-state index contributed by atoms with van der Waals surface area (Å²) in [4.78, 5) is 0. The highest BCUT2D eigenvalue weighted by atomic mass is 79.9. The molecule has 0 unspecified atom stereocenters. The van der Waals surface area contributed by atoms with Crippen LogP contribution in [0.1, 0.15) is 25.0 Å². The summed E-state index contributed by atoms with van der Waals surface area (Å²) >= 11 is 3.58. The van der Waals surface area contributed by atoms with Gasteiger partial charge in [-0.05, 0) is 72.1 Å². The van der Waals surface area contributed by atoms with Gasteiger partial charge in [0.15, 0.2) is 11.5 Å². The lowest BCUT2D eigenvalue weighted by Crippen LogP contribution is -2.17. The van der Waals surface area contributed by atoms with Gasteiger partial charge in [0, 0.05) is 6.54 Å². The molecule has 1 N–H and O–H groups in total. The minimum absolute atomic E-state index is 0.606. The van der Waals surface area contributed by atoms with Gasteiger partial charge in [-0.3, -0.25) is 0 Å². The van der Waals surface area contributed by atoms with Gasteiger partial charge in [-0.25, -0.2) is 0 Å². The second-order valence-corrected chi connectivity index (χ2v) is 6.36. The average Bonchev–Trinajstić information content (AvgIpc) is 2.62. The fourth-order valence-electron chi connectivity index (χ4n) is 2.64. The lowest BCUT2D eigenvalue weighted by atomic mass is 10.1. The number of ether oxygens (including phenoxy) is 3. The van der Waals surface area contributed by atoms with Crippen molar-refractivity contribution in [3.8, 4) is 17.2 Å². The Hall–Kier alpha value is -1.72. The van der Waals surface area contributed by atoms with Crippen LogP contribution in [-0.2, 0) is 13.0 Å². The molecule has 0 heterocycles. The molecule has 0 saturated heterocycles. The predicted molar refractivity (Wildman–Crippen MR) is 105 cm³/mol. The Morgan fingerprint density at radius 1 is 1.00 bits per heavy atom. The van der Waals surface area contributed by atoms with E-state index in [4.69, 9.17) is 14.2 Å². The van der Waals surface area contributed by atoms with E-state index in [-0.39, 0.29) is 0 Å². The molecule has 0 fully saturated rings. The van der Waals surface area contributed by atoms with E-state index in [2.05, 4.69) is 33.4 Å². The fourth-order valence-corrected chi connectivity index (χ4v) is 3.24. The first kappa shape index (κ1) is 19.6. The maximum Gasteiger partial charge on any atom is 0.175 e. The summed E-state index contributed by atoms with van der Waals surface area (Å²) < 4.78 is 17.7. The van der Waals surface area contributed by atoms with E-state index >= 15 is 0 Å². The normalized spacial score (nSPS) is 10.6. The fraction of sp³-hybridized carbons (Fsp3) is 0.400. The van der Waals surface area contributed by atoms with Gasteiger partial charge in [0.2, 0.25) is 0 Å². The van der Waals surface area contributed by atoms with Gasteiger partial charge in [0.1, 0.15) is 5.75 Å². The summed E-state index contributed by atoms with van der Waals surface area (Å²) in [6.07, 6.45) is 0.917. The van der Waals surface area contributed by atoms with E-state index in [1.54, 1.807) is 7.11 Å². The zero-order valence-corrected chi connectivity index (χ0v) is 16.7. The molecule has 0 aliphatic rings. The molecule has 0 saturated carbocycles. The van der Waals surface area contributed by atoms with Crippen LogP contribution in [0.2, 0.25) is 0 Å². The Labute approximate surface area is 158 Å². The number of nitrogens with one attached hydrogen (secondary N) is 1. The Kier molecular flexibility index (Phi) is 8.09. The molecule has 0 atom stereocenters. The van der Waals surface area contributed by atoms with Crippen molar-refractivity contribution in [3.63, 3.8) is 0 Å². The number of para-hydroxylation sites is 1. The molecular weight excluding hydrogens is 382 g/mol. The molecule has 0 amide bonds. The van der Waals surface area contributed by atoms with Crippen LogP contribution in [-0.4, -0.2) is 26.9 Å². The third kappa shape index (κ3) is 5.65. The quantitative estimate of drug-likeness (QED) is 0.584. The first-order valence-electron chi connectivity index (χ1n) is 8.60. The summed E-state index contributed by atoms with van der Waals surface area (Å²) in [5, 5.41) is 3.48. The van der Waals surface area contributed by atoms with Crippen molar-refractivity contribution in [1.29, 1.82) is 0 Å². The van der Waals surface area contributed by atoms with Crippen LogP contribution in [0.25, 0.3) is 0 Å². The summed E-state index contributed by atoms with van der Waals surface area (Å²) in [6.45, 7) is 6.79. The molecule has 0 aliphatic carbocycles. The standard InChI is InChI=1S/C20H26BrNO3/c1-4-24-19-13-15(12-17(21)20(19)25-5-2)14-22-11-10-16-8-6-7-9-18(16)23-3/h6-9,12-13,22H,4-5,10-11,14H2,1-3H3. The van der Waals surface area contributed by atoms with Crippen molar-refractivity contribution in [1.82, 2.24) is 5.32 Å². The number of hydrogen-bond donors (Lipinski definition) is 1. The van der Waals surface area contributed by atoms with Gasteiger partial charge in [-0.15, -0.1) is 0 Å². The Morgan fingerprint density at radius 2 is 1.76 bits per heavy atom. The van der Waals surface area contributed by atoms with E-state index in [0.717, 1.165) is 46.8 Å². The topological polar surface area (TPSA) is 39.7 Å². The molecule has 4 nitrogen and oxygen atoms in total. The zero-order valence-electron chi connectivity index (χ0n) is 15.1. The molecule has 0 aromatic heterocycles. The molecule has 0 bridgehead atoms.